The Kier molecular flexibility index (Phi) is 5.67. The fourth-order valence-electron chi connectivity index (χ4n) is 2.91. The van der Waals surface area contributed by atoms with Crippen molar-refractivity contribution in [2.75, 3.05) is 4.72 Å². The van der Waals surface area contributed by atoms with Gasteiger partial charge in [0.1, 0.15) is 0 Å². The van der Waals surface area contributed by atoms with E-state index in [1.54, 1.807) is 30.3 Å². The number of sulfonamides is 1. The number of aromatic nitrogens is 1. The van der Waals surface area contributed by atoms with Crippen LogP contribution in [0.1, 0.15) is 47.6 Å². The molecular formula is C21H22N2O3S2. The standard InChI is InChI=1S/C21H22N2O3S2/c1-13(2)19-9-8-17(20-12-27-15(4)22-20)11-21(19)28(25,26)23-18-7-5-6-16(10-18)14(3)24/h5-13,23H,1-4H3. The molecule has 0 saturated carbocycles. The van der Waals surface area contributed by atoms with Crippen molar-refractivity contribution in [2.45, 2.75) is 38.5 Å². The Balaban J connectivity index is 2.06. The summed E-state index contributed by atoms with van der Waals surface area (Å²) in [4.78, 5) is 16.3. The minimum absolute atomic E-state index is 0.0290. The average molecular weight is 415 g/mol. The number of nitrogens with one attached hydrogen (secondary N) is 1. The monoisotopic (exact) mass is 414 g/mol. The van der Waals surface area contributed by atoms with E-state index in [0.29, 0.717) is 11.3 Å². The summed E-state index contributed by atoms with van der Waals surface area (Å²) >= 11 is 1.52. The van der Waals surface area contributed by atoms with Crippen LogP contribution in [-0.4, -0.2) is 19.2 Å². The maximum absolute atomic E-state index is 13.2. The third-order valence-electron chi connectivity index (χ3n) is 4.36. The van der Waals surface area contributed by atoms with E-state index in [-0.39, 0.29) is 16.6 Å². The van der Waals surface area contributed by atoms with Gasteiger partial charge in [-0.1, -0.05) is 38.1 Å². The molecule has 146 valence electrons. The Labute approximate surface area is 169 Å². The van der Waals surface area contributed by atoms with Gasteiger partial charge in [-0.05, 0) is 43.5 Å². The molecule has 7 heteroatoms. The van der Waals surface area contributed by atoms with E-state index in [2.05, 4.69) is 9.71 Å². The highest BCUT2D eigenvalue weighted by molar-refractivity contribution is 7.92. The quantitative estimate of drug-likeness (QED) is 0.559. The predicted molar refractivity (Wildman–Crippen MR) is 114 cm³/mol. The van der Waals surface area contributed by atoms with Crippen LogP contribution in [-0.2, 0) is 10.0 Å². The second-order valence-electron chi connectivity index (χ2n) is 6.90. The van der Waals surface area contributed by atoms with Crippen molar-refractivity contribution in [3.05, 3.63) is 64.0 Å². The number of benzene rings is 2. The largest absolute Gasteiger partial charge is 0.295 e. The van der Waals surface area contributed by atoms with Gasteiger partial charge in [-0.25, -0.2) is 13.4 Å². The van der Waals surface area contributed by atoms with Crippen molar-refractivity contribution in [1.82, 2.24) is 4.98 Å². The molecule has 0 aliphatic heterocycles. The summed E-state index contributed by atoms with van der Waals surface area (Å²) in [5.74, 6) is -0.0915. The molecule has 0 spiro atoms. The van der Waals surface area contributed by atoms with Crippen LogP contribution in [0.3, 0.4) is 0 Å². The Morgan fingerprint density at radius 2 is 1.89 bits per heavy atom. The number of anilines is 1. The van der Waals surface area contributed by atoms with Gasteiger partial charge < -0.3 is 0 Å². The molecule has 1 heterocycles. The fourth-order valence-corrected chi connectivity index (χ4v) is 4.98. The first-order valence-electron chi connectivity index (χ1n) is 8.87. The van der Waals surface area contributed by atoms with E-state index >= 15 is 0 Å². The number of hydrogen-bond donors (Lipinski definition) is 1. The summed E-state index contributed by atoms with van der Waals surface area (Å²) in [6, 6.07) is 11.9. The molecule has 0 saturated heterocycles. The van der Waals surface area contributed by atoms with E-state index in [1.165, 1.54) is 18.3 Å². The average Bonchev–Trinajstić information content (AvgIpc) is 3.07. The number of nitrogens with zero attached hydrogens (tertiary/aromatic N) is 1. The van der Waals surface area contributed by atoms with E-state index in [9.17, 15) is 13.2 Å². The first kappa shape index (κ1) is 20.2. The number of carbonyl (C=O) groups is 1. The van der Waals surface area contributed by atoms with Crippen LogP contribution in [0.15, 0.2) is 52.7 Å². The van der Waals surface area contributed by atoms with Gasteiger partial charge in [0.15, 0.2) is 5.78 Å². The second-order valence-corrected chi connectivity index (χ2v) is 9.61. The Bertz CT molecular complexity index is 1130. The van der Waals surface area contributed by atoms with Crippen LogP contribution >= 0.6 is 11.3 Å². The highest BCUT2D eigenvalue weighted by atomic mass is 32.2. The van der Waals surface area contributed by atoms with Gasteiger partial charge in [-0.15, -0.1) is 11.3 Å². The lowest BCUT2D eigenvalue weighted by Gasteiger charge is -2.16. The third kappa shape index (κ3) is 4.31. The molecule has 0 fully saturated rings. The summed E-state index contributed by atoms with van der Waals surface area (Å²) in [6.07, 6.45) is 0. The van der Waals surface area contributed by atoms with Crippen LogP contribution in [0.2, 0.25) is 0 Å². The Morgan fingerprint density at radius 3 is 2.50 bits per heavy atom. The van der Waals surface area contributed by atoms with Crippen molar-refractivity contribution < 1.29 is 13.2 Å². The molecule has 0 bridgehead atoms. The van der Waals surface area contributed by atoms with Gasteiger partial charge in [0, 0.05) is 22.2 Å². The predicted octanol–water partition coefficient (Wildman–Crippen LogP) is 5.25. The SMILES string of the molecule is CC(=O)c1cccc(NS(=O)(=O)c2cc(-c3csc(C)n3)ccc2C(C)C)c1. The lowest BCUT2D eigenvalue weighted by atomic mass is 10.0. The van der Waals surface area contributed by atoms with Crippen molar-refractivity contribution in [3.8, 4) is 11.3 Å². The van der Waals surface area contributed by atoms with Crippen LogP contribution in [0, 0.1) is 6.92 Å². The van der Waals surface area contributed by atoms with Crippen molar-refractivity contribution in [1.29, 1.82) is 0 Å². The van der Waals surface area contributed by atoms with Crippen LogP contribution in [0.4, 0.5) is 5.69 Å². The zero-order valence-corrected chi connectivity index (χ0v) is 17.8. The summed E-state index contributed by atoms with van der Waals surface area (Å²) in [7, 11) is -3.84. The summed E-state index contributed by atoms with van der Waals surface area (Å²) < 4.78 is 29.0. The maximum Gasteiger partial charge on any atom is 0.262 e. The van der Waals surface area contributed by atoms with Crippen LogP contribution < -0.4 is 4.72 Å². The molecule has 5 nitrogen and oxygen atoms in total. The Morgan fingerprint density at radius 1 is 1.14 bits per heavy atom. The molecule has 0 aliphatic carbocycles. The van der Waals surface area contributed by atoms with E-state index in [4.69, 9.17) is 0 Å². The minimum Gasteiger partial charge on any atom is -0.295 e. The van der Waals surface area contributed by atoms with Gasteiger partial charge in [0.25, 0.3) is 10.0 Å². The number of carbonyl (C=O) groups excluding carboxylic acids is 1. The third-order valence-corrected chi connectivity index (χ3v) is 6.57. The zero-order valence-electron chi connectivity index (χ0n) is 16.2. The molecule has 1 N–H and O–H groups in total. The molecule has 0 amide bonds. The van der Waals surface area contributed by atoms with Crippen molar-refractivity contribution in [3.63, 3.8) is 0 Å². The van der Waals surface area contributed by atoms with Gasteiger partial charge in [0.05, 0.1) is 15.6 Å². The molecular weight excluding hydrogens is 392 g/mol. The van der Waals surface area contributed by atoms with Gasteiger partial charge in [-0.2, -0.15) is 0 Å². The smallest absolute Gasteiger partial charge is 0.262 e. The van der Waals surface area contributed by atoms with E-state index < -0.39 is 10.0 Å². The Hall–Kier alpha value is -2.51. The van der Waals surface area contributed by atoms with Gasteiger partial charge >= 0.3 is 0 Å². The van der Waals surface area contributed by atoms with Crippen molar-refractivity contribution >= 4 is 32.8 Å². The van der Waals surface area contributed by atoms with Crippen LogP contribution in [0.5, 0.6) is 0 Å². The minimum atomic E-state index is -3.84. The number of aryl methyl sites for hydroxylation is 1. The number of thiazole rings is 1. The summed E-state index contributed by atoms with van der Waals surface area (Å²) in [5.41, 5.74) is 3.05. The molecule has 0 radical (unpaired) electrons. The topological polar surface area (TPSA) is 76.1 Å². The molecule has 1 aromatic heterocycles. The maximum atomic E-state index is 13.2. The second kappa shape index (κ2) is 7.85. The molecule has 2 aromatic carbocycles. The molecule has 0 unspecified atom stereocenters. The summed E-state index contributed by atoms with van der Waals surface area (Å²) in [6.45, 7) is 7.27. The number of rotatable bonds is 6. The van der Waals surface area contributed by atoms with Crippen molar-refractivity contribution in [2.24, 2.45) is 0 Å². The molecule has 3 aromatic rings. The zero-order chi connectivity index (χ0) is 20.5. The first-order chi connectivity index (χ1) is 13.2. The van der Waals surface area contributed by atoms with E-state index in [0.717, 1.165) is 21.8 Å². The highest BCUT2D eigenvalue weighted by Gasteiger charge is 2.22. The lowest BCUT2D eigenvalue weighted by Crippen LogP contribution is -2.16. The molecule has 0 atom stereocenters. The normalized spacial score (nSPS) is 11.6. The highest BCUT2D eigenvalue weighted by Crippen LogP contribution is 2.31. The molecule has 0 aliphatic rings. The fraction of sp³-hybridized carbons (Fsp3) is 0.238. The number of Topliss-reactive ketones (excluding diaryl/α,β-unsaturated/α-hetero) is 1. The lowest BCUT2D eigenvalue weighted by molar-refractivity contribution is 0.101. The molecule has 28 heavy (non-hydrogen) atoms. The molecule has 3 rings (SSSR count). The van der Waals surface area contributed by atoms with Crippen LogP contribution in [0.25, 0.3) is 11.3 Å². The van der Waals surface area contributed by atoms with Gasteiger partial charge in [-0.3, -0.25) is 9.52 Å². The summed E-state index contributed by atoms with van der Waals surface area (Å²) in [5, 5.41) is 2.84. The van der Waals surface area contributed by atoms with Gasteiger partial charge in [0.2, 0.25) is 0 Å². The number of ketones is 1. The first-order valence-corrected chi connectivity index (χ1v) is 11.2. The number of hydrogen-bond acceptors (Lipinski definition) is 5. The van der Waals surface area contributed by atoms with E-state index in [1.807, 2.05) is 38.3 Å².